The number of carbonyl (C=O) groups is 2. The average Bonchev–Trinajstić information content (AvgIpc) is 2.63. The Labute approximate surface area is 149 Å². The van der Waals surface area contributed by atoms with Crippen LogP contribution in [0.15, 0.2) is 54.6 Å². The molecule has 0 spiro atoms. The maximum absolute atomic E-state index is 12.7. The number of nitrogens with zero attached hydrogens (tertiary/aromatic N) is 1. The molecule has 0 fully saturated rings. The van der Waals surface area contributed by atoms with Crippen molar-refractivity contribution in [1.82, 2.24) is 5.32 Å². The van der Waals surface area contributed by atoms with E-state index in [1.165, 1.54) is 0 Å². The van der Waals surface area contributed by atoms with Crippen molar-refractivity contribution in [3.63, 3.8) is 0 Å². The van der Waals surface area contributed by atoms with Gasteiger partial charge < -0.3 is 10.2 Å². The molecule has 0 radical (unpaired) electrons. The number of para-hydroxylation sites is 1. The van der Waals surface area contributed by atoms with Crippen molar-refractivity contribution < 1.29 is 9.59 Å². The number of amides is 2. The lowest BCUT2D eigenvalue weighted by Crippen LogP contribution is -2.30. The van der Waals surface area contributed by atoms with Crippen LogP contribution in [0.3, 0.4) is 0 Å². The first-order valence-electron chi connectivity index (χ1n) is 8.78. The van der Waals surface area contributed by atoms with Gasteiger partial charge in [-0.2, -0.15) is 0 Å². The largest absolute Gasteiger partial charge is 0.352 e. The zero-order chi connectivity index (χ0) is 18.2. The van der Waals surface area contributed by atoms with Crippen LogP contribution in [0.25, 0.3) is 0 Å². The van der Waals surface area contributed by atoms with Crippen LogP contribution >= 0.6 is 0 Å². The van der Waals surface area contributed by atoms with Gasteiger partial charge in [0.15, 0.2) is 0 Å². The lowest BCUT2D eigenvalue weighted by Gasteiger charge is -2.21. The highest BCUT2D eigenvalue weighted by molar-refractivity contribution is 6.06. The summed E-state index contributed by atoms with van der Waals surface area (Å²) in [4.78, 5) is 26.6. The molecule has 4 heteroatoms. The molecule has 0 aliphatic carbocycles. The van der Waals surface area contributed by atoms with Crippen molar-refractivity contribution in [2.75, 3.05) is 18.0 Å². The molecule has 4 nitrogen and oxygen atoms in total. The average molecular weight is 338 g/mol. The molecule has 0 heterocycles. The second-order valence-corrected chi connectivity index (χ2v) is 6.40. The second-order valence-electron chi connectivity index (χ2n) is 6.40. The van der Waals surface area contributed by atoms with Crippen molar-refractivity contribution in [3.8, 4) is 0 Å². The van der Waals surface area contributed by atoms with Crippen LogP contribution in [0.4, 0.5) is 5.69 Å². The molecule has 0 aliphatic heterocycles. The molecule has 0 saturated carbocycles. The summed E-state index contributed by atoms with van der Waals surface area (Å²) in [6, 6.07) is 16.4. The summed E-state index contributed by atoms with van der Waals surface area (Å²) in [6.07, 6.45) is 0.949. The first kappa shape index (κ1) is 18.7. The molecule has 2 aromatic rings. The SMILES string of the molecule is CCN(C(=O)c1ccc(C(=O)NCCC(C)C)cc1)c1ccccc1. The number of hydrogen-bond acceptors (Lipinski definition) is 2. The van der Waals surface area contributed by atoms with E-state index in [9.17, 15) is 9.59 Å². The standard InChI is InChI=1S/C21H26N2O2/c1-4-23(19-8-6-5-7-9-19)21(25)18-12-10-17(11-13-18)20(24)22-15-14-16(2)3/h5-13,16H,4,14-15H2,1-3H3,(H,22,24). The summed E-state index contributed by atoms with van der Waals surface area (Å²) in [7, 11) is 0. The summed E-state index contributed by atoms with van der Waals surface area (Å²) < 4.78 is 0. The predicted octanol–water partition coefficient (Wildman–Crippen LogP) is 4.13. The Morgan fingerprint density at radius 1 is 0.960 bits per heavy atom. The summed E-state index contributed by atoms with van der Waals surface area (Å²) in [6.45, 7) is 7.44. The van der Waals surface area contributed by atoms with Crippen molar-refractivity contribution in [1.29, 1.82) is 0 Å². The quantitative estimate of drug-likeness (QED) is 0.825. The van der Waals surface area contributed by atoms with Crippen LogP contribution in [-0.2, 0) is 0 Å². The minimum atomic E-state index is -0.102. The van der Waals surface area contributed by atoms with Crippen molar-refractivity contribution in [3.05, 3.63) is 65.7 Å². The highest BCUT2D eigenvalue weighted by atomic mass is 16.2. The third-order valence-corrected chi connectivity index (χ3v) is 4.03. The van der Waals surface area contributed by atoms with E-state index in [-0.39, 0.29) is 11.8 Å². The van der Waals surface area contributed by atoms with Gasteiger partial charge in [-0.15, -0.1) is 0 Å². The Balaban J connectivity index is 2.05. The summed E-state index contributed by atoms with van der Waals surface area (Å²) in [5.41, 5.74) is 2.01. The Hall–Kier alpha value is -2.62. The smallest absolute Gasteiger partial charge is 0.258 e. The highest BCUT2D eigenvalue weighted by Gasteiger charge is 2.16. The van der Waals surface area contributed by atoms with Crippen LogP contribution in [0.2, 0.25) is 0 Å². The van der Waals surface area contributed by atoms with E-state index in [4.69, 9.17) is 0 Å². The molecule has 0 saturated heterocycles. The van der Waals surface area contributed by atoms with E-state index in [1.807, 2.05) is 37.3 Å². The fourth-order valence-electron chi connectivity index (χ4n) is 2.55. The van der Waals surface area contributed by atoms with Gasteiger partial charge >= 0.3 is 0 Å². The van der Waals surface area contributed by atoms with Crippen molar-refractivity contribution in [2.24, 2.45) is 5.92 Å². The van der Waals surface area contributed by atoms with Crippen molar-refractivity contribution >= 4 is 17.5 Å². The molecule has 0 bridgehead atoms. The lowest BCUT2D eigenvalue weighted by molar-refractivity contribution is 0.0948. The van der Waals surface area contributed by atoms with Crippen LogP contribution in [0.1, 0.15) is 47.9 Å². The fraction of sp³-hybridized carbons (Fsp3) is 0.333. The first-order valence-corrected chi connectivity index (χ1v) is 8.78. The van der Waals surface area contributed by atoms with Gasteiger partial charge in [0.1, 0.15) is 0 Å². The Morgan fingerprint density at radius 2 is 1.56 bits per heavy atom. The van der Waals surface area contributed by atoms with Gasteiger partial charge in [-0.05, 0) is 55.7 Å². The molecule has 0 unspecified atom stereocenters. The lowest BCUT2D eigenvalue weighted by atomic mass is 10.1. The molecule has 25 heavy (non-hydrogen) atoms. The third-order valence-electron chi connectivity index (χ3n) is 4.03. The number of hydrogen-bond donors (Lipinski definition) is 1. The van der Waals surface area contributed by atoms with E-state index in [0.717, 1.165) is 12.1 Å². The Kier molecular flexibility index (Phi) is 6.75. The van der Waals surface area contributed by atoms with Crippen LogP contribution < -0.4 is 10.2 Å². The van der Waals surface area contributed by atoms with Gasteiger partial charge in [-0.1, -0.05) is 32.0 Å². The Bertz CT molecular complexity index is 694. The number of benzene rings is 2. The van der Waals surface area contributed by atoms with E-state index in [2.05, 4.69) is 19.2 Å². The Morgan fingerprint density at radius 3 is 2.12 bits per heavy atom. The molecule has 2 amide bonds. The van der Waals surface area contributed by atoms with E-state index < -0.39 is 0 Å². The zero-order valence-corrected chi connectivity index (χ0v) is 15.2. The summed E-state index contributed by atoms with van der Waals surface area (Å²) in [5, 5.41) is 2.90. The summed E-state index contributed by atoms with van der Waals surface area (Å²) >= 11 is 0. The van der Waals surface area contributed by atoms with Crippen LogP contribution in [0.5, 0.6) is 0 Å². The zero-order valence-electron chi connectivity index (χ0n) is 15.2. The molecule has 2 rings (SSSR count). The van der Waals surface area contributed by atoms with E-state index in [1.54, 1.807) is 29.2 Å². The molecule has 0 atom stereocenters. The number of carbonyl (C=O) groups excluding carboxylic acids is 2. The fourth-order valence-corrected chi connectivity index (χ4v) is 2.55. The van der Waals surface area contributed by atoms with Gasteiger partial charge in [0.2, 0.25) is 0 Å². The number of nitrogens with one attached hydrogen (secondary N) is 1. The molecule has 0 aliphatic rings. The maximum Gasteiger partial charge on any atom is 0.258 e. The van der Waals surface area contributed by atoms with Crippen molar-refractivity contribution in [2.45, 2.75) is 27.2 Å². The van der Waals surface area contributed by atoms with E-state index >= 15 is 0 Å². The molecule has 0 aromatic heterocycles. The maximum atomic E-state index is 12.7. The predicted molar refractivity (Wildman–Crippen MR) is 102 cm³/mol. The van der Waals surface area contributed by atoms with Gasteiger partial charge in [0.25, 0.3) is 11.8 Å². The van der Waals surface area contributed by atoms with Crippen LogP contribution in [-0.4, -0.2) is 24.9 Å². The van der Waals surface area contributed by atoms with E-state index in [0.29, 0.717) is 30.1 Å². The van der Waals surface area contributed by atoms with Gasteiger partial charge in [0, 0.05) is 29.9 Å². The molecule has 2 aromatic carbocycles. The highest BCUT2D eigenvalue weighted by Crippen LogP contribution is 2.17. The first-order chi connectivity index (χ1) is 12.0. The normalized spacial score (nSPS) is 10.6. The monoisotopic (exact) mass is 338 g/mol. The van der Waals surface area contributed by atoms with Gasteiger partial charge in [-0.3, -0.25) is 9.59 Å². The summed E-state index contributed by atoms with van der Waals surface area (Å²) in [5.74, 6) is 0.383. The minimum Gasteiger partial charge on any atom is -0.352 e. The second kappa shape index (κ2) is 9.02. The topological polar surface area (TPSA) is 49.4 Å². The third kappa shape index (κ3) is 5.18. The number of rotatable bonds is 7. The molecular formula is C21H26N2O2. The molecule has 1 N–H and O–H groups in total. The van der Waals surface area contributed by atoms with Crippen LogP contribution in [0, 0.1) is 5.92 Å². The molecule has 132 valence electrons. The minimum absolute atomic E-state index is 0.0690. The van der Waals surface area contributed by atoms with Gasteiger partial charge in [0.05, 0.1) is 0 Å². The molecular weight excluding hydrogens is 312 g/mol. The number of anilines is 1. The van der Waals surface area contributed by atoms with Gasteiger partial charge in [-0.25, -0.2) is 0 Å².